The van der Waals surface area contributed by atoms with Crippen molar-refractivity contribution in [2.45, 2.75) is 5.54 Å². The first-order valence-corrected chi connectivity index (χ1v) is 9.94. The van der Waals surface area contributed by atoms with E-state index in [0.717, 1.165) is 4.90 Å². The summed E-state index contributed by atoms with van der Waals surface area (Å²) in [6.45, 7) is -0.427. The minimum Gasteiger partial charge on any atom is -0.465 e. The maximum atomic E-state index is 13.6. The first kappa shape index (κ1) is 21.0. The van der Waals surface area contributed by atoms with Crippen molar-refractivity contribution in [2.24, 2.45) is 0 Å². The number of imide groups is 1. The molecule has 0 bridgehead atoms. The highest BCUT2D eigenvalue weighted by Gasteiger charge is 2.54. The van der Waals surface area contributed by atoms with E-state index >= 15 is 0 Å². The van der Waals surface area contributed by atoms with Crippen molar-refractivity contribution >= 4 is 23.7 Å². The van der Waals surface area contributed by atoms with Crippen LogP contribution in [-0.2, 0) is 15.1 Å². The Morgan fingerprint density at radius 2 is 1.31 bits per heavy atom. The number of methoxy groups -OCH3 is 1. The first-order valence-electron chi connectivity index (χ1n) is 9.94. The number of rotatable bonds is 6. The summed E-state index contributed by atoms with van der Waals surface area (Å²) in [5.74, 6) is -1.48. The van der Waals surface area contributed by atoms with Gasteiger partial charge in [-0.15, -0.1) is 0 Å². The summed E-state index contributed by atoms with van der Waals surface area (Å²) < 4.78 is 4.65. The van der Waals surface area contributed by atoms with Crippen molar-refractivity contribution in [1.29, 1.82) is 0 Å². The molecule has 0 unspecified atom stereocenters. The lowest BCUT2D eigenvalue weighted by molar-refractivity contribution is -0.129. The molecule has 1 aliphatic rings. The molecule has 0 atom stereocenters. The third kappa shape index (κ3) is 3.54. The second-order valence-electron chi connectivity index (χ2n) is 7.30. The smallest absolute Gasteiger partial charge is 0.337 e. The Labute approximate surface area is 184 Å². The highest BCUT2D eigenvalue weighted by atomic mass is 16.5. The van der Waals surface area contributed by atoms with Gasteiger partial charge in [0.15, 0.2) is 11.3 Å². The first-order chi connectivity index (χ1) is 15.5. The molecule has 0 aliphatic carbocycles. The zero-order valence-corrected chi connectivity index (χ0v) is 17.3. The Hall–Kier alpha value is -4.26. The Morgan fingerprint density at radius 1 is 0.812 bits per heavy atom. The number of Topliss-reactive ketones (excluding diaryl/α,β-unsaturated/α-hetero) is 1. The average molecular weight is 428 g/mol. The van der Waals surface area contributed by atoms with Crippen LogP contribution in [0.15, 0.2) is 84.9 Å². The van der Waals surface area contributed by atoms with E-state index in [1.54, 1.807) is 48.5 Å². The van der Waals surface area contributed by atoms with Gasteiger partial charge in [-0.25, -0.2) is 9.59 Å². The summed E-state index contributed by atoms with van der Waals surface area (Å²) in [6.07, 6.45) is 0. The highest BCUT2D eigenvalue weighted by molar-refractivity contribution is 6.13. The van der Waals surface area contributed by atoms with E-state index in [1.807, 2.05) is 12.1 Å². The number of nitrogens with zero attached hydrogens (tertiary/aromatic N) is 1. The van der Waals surface area contributed by atoms with Crippen molar-refractivity contribution in [1.82, 2.24) is 10.2 Å². The van der Waals surface area contributed by atoms with Gasteiger partial charge in [0.2, 0.25) is 0 Å². The molecule has 7 nitrogen and oxygen atoms in total. The van der Waals surface area contributed by atoms with Crippen molar-refractivity contribution in [3.63, 3.8) is 0 Å². The molecular formula is C25H20N2O5. The second-order valence-corrected chi connectivity index (χ2v) is 7.30. The summed E-state index contributed by atoms with van der Waals surface area (Å²) in [6, 6.07) is 23.1. The molecular weight excluding hydrogens is 408 g/mol. The molecule has 0 saturated carbocycles. The summed E-state index contributed by atoms with van der Waals surface area (Å²) in [5.41, 5.74) is 0.347. The normalized spacial score (nSPS) is 14.7. The SMILES string of the molecule is COC(=O)c1ccc(C(=O)CN2C(=O)NC(c3ccccc3)(c3ccccc3)C2=O)cc1. The van der Waals surface area contributed by atoms with Crippen LogP contribution >= 0.6 is 0 Å². The number of carbonyl (C=O) groups excluding carboxylic acids is 4. The molecule has 4 rings (SSSR count). The van der Waals surface area contributed by atoms with Gasteiger partial charge < -0.3 is 10.1 Å². The van der Waals surface area contributed by atoms with Gasteiger partial charge in [0.1, 0.15) is 0 Å². The van der Waals surface area contributed by atoms with Gasteiger partial charge in [0.05, 0.1) is 19.2 Å². The summed E-state index contributed by atoms with van der Waals surface area (Å²) in [4.78, 5) is 51.8. The number of hydrogen-bond donors (Lipinski definition) is 1. The van der Waals surface area contributed by atoms with E-state index in [1.165, 1.54) is 31.4 Å². The standard InChI is InChI=1S/C25H20N2O5/c1-32-22(29)18-14-12-17(13-15-18)21(28)16-27-23(30)25(26-24(27)31,19-8-4-2-5-9-19)20-10-6-3-7-11-20/h2-15H,16H2,1H3,(H,26,31). The summed E-state index contributed by atoms with van der Waals surface area (Å²) >= 11 is 0. The van der Waals surface area contributed by atoms with Gasteiger partial charge in [0, 0.05) is 5.56 Å². The largest absolute Gasteiger partial charge is 0.465 e. The van der Waals surface area contributed by atoms with Crippen molar-refractivity contribution in [3.05, 3.63) is 107 Å². The fraction of sp³-hybridized carbons (Fsp3) is 0.120. The maximum absolute atomic E-state index is 13.6. The number of carbonyl (C=O) groups is 4. The Kier molecular flexibility index (Phi) is 5.55. The minimum absolute atomic E-state index is 0.273. The fourth-order valence-corrected chi connectivity index (χ4v) is 3.80. The van der Waals surface area contributed by atoms with Gasteiger partial charge in [0.25, 0.3) is 5.91 Å². The van der Waals surface area contributed by atoms with Crippen LogP contribution in [0.3, 0.4) is 0 Å². The number of ether oxygens (including phenoxy) is 1. The summed E-state index contributed by atoms with van der Waals surface area (Å²) in [5, 5.41) is 2.81. The molecule has 1 heterocycles. The second kappa shape index (κ2) is 8.47. The van der Waals surface area contributed by atoms with Crippen LogP contribution in [0.5, 0.6) is 0 Å². The van der Waals surface area contributed by atoms with Crippen molar-refractivity contribution in [2.75, 3.05) is 13.7 Å². The van der Waals surface area contributed by atoms with Gasteiger partial charge >= 0.3 is 12.0 Å². The molecule has 160 valence electrons. The fourth-order valence-electron chi connectivity index (χ4n) is 3.80. The number of amides is 3. The maximum Gasteiger partial charge on any atom is 0.337 e. The van der Waals surface area contributed by atoms with Crippen LogP contribution in [0.2, 0.25) is 0 Å². The lowest BCUT2D eigenvalue weighted by Gasteiger charge is -2.28. The molecule has 7 heteroatoms. The molecule has 1 aliphatic heterocycles. The lowest BCUT2D eigenvalue weighted by atomic mass is 9.82. The van der Waals surface area contributed by atoms with E-state index in [2.05, 4.69) is 10.1 Å². The molecule has 32 heavy (non-hydrogen) atoms. The quantitative estimate of drug-likeness (QED) is 0.370. The third-order valence-electron chi connectivity index (χ3n) is 5.45. The van der Waals surface area contributed by atoms with Crippen molar-refractivity contribution in [3.8, 4) is 0 Å². The lowest BCUT2D eigenvalue weighted by Crippen LogP contribution is -2.45. The highest BCUT2D eigenvalue weighted by Crippen LogP contribution is 2.36. The van der Waals surface area contributed by atoms with Crippen LogP contribution in [-0.4, -0.2) is 42.2 Å². The van der Waals surface area contributed by atoms with Crippen LogP contribution < -0.4 is 5.32 Å². The average Bonchev–Trinajstić information content (AvgIpc) is 3.10. The zero-order chi connectivity index (χ0) is 22.7. The molecule has 0 spiro atoms. The molecule has 0 aromatic heterocycles. The molecule has 1 N–H and O–H groups in total. The number of hydrogen-bond acceptors (Lipinski definition) is 5. The predicted molar refractivity (Wildman–Crippen MR) is 116 cm³/mol. The number of urea groups is 1. The molecule has 0 radical (unpaired) electrons. The third-order valence-corrected chi connectivity index (χ3v) is 5.45. The molecule has 1 saturated heterocycles. The van der Waals surface area contributed by atoms with Crippen molar-refractivity contribution < 1.29 is 23.9 Å². The molecule has 3 amide bonds. The van der Waals surface area contributed by atoms with E-state index in [-0.39, 0.29) is 5.56 Å². The van der Waals surface area contributed by atoms with Gasteiger partial charge in [-0.3, -0.25) is 14.5 Å². The monoisotopic (exact) mass is 428 g/mol. The van der Waals surface area contributed by atoms with E-state index in [4.69, 9.17) is 0 Å². The topological polar surface area (TPSA) is 92.8 Å². The van der Waals surface area contributed by atoms with E-state index in [0.29, 0.717) is 16.7 Å². The molecule has 3 aromatic rings. The minimum atomic E-state index is -1.42. The summed E-state index contributed by atoms with van der Waals surface area (Å²) in [7, 11) is 1.27. The van der Waals surface area contributed by atoms with E-state index in [9.17, 15) is 19.2 Å². The Bertz CT molecular complexity index is 1130. The van der Waals surface area contributed by atoms with Crippen LogP contribution in [0.4, 0.5) is 4.79 Å². The van der Waals surface area contributed by atoms with Crippen LogP contribution in [0.1, 0.15) is 31.8 Å². The number of ketones is 1. The number of benzene rings is 3. The van der Waals surface area contributed by atoms with Gasteiger partial charge in [-0.2, -0.15) is 0 Å². The number of esters is 1. The van der Waals surface area contributed by atoms with E-state index < -0.39 is 35.8 Å². The predicted octanol–water partition coefficient (Wildman–Crippen LogP) is 3.15. The number of nitrogens with one attached hydrogen (secondary N) is 1. The zero-order valence-electron chi connectivity index (χ0n) is 17.3. The molecule has 3 aromatic carbocycles. The Morgan fingerprint density at radius 3 is 1.81 bits per heavy atom. The molecule has 1 fully saturated rings. The van der Waals surface area contributed by atoms with Crippen LogP contribution in [0.25, 0.3) is 0 Å². The Balaban J connectivity index is 1.65. The van der Waals surface area contributed by atoms with Gasteiger partial charge in [-0.05, 0) is 23.3 Å². The van der Waals surface area contributed by atoms with Gasteiger partial charge in [-0.1, -0.05) is 72.8 Å². The van der Waals surface area contributed by atoms with Crippen LogP contribution in [0, 0.1) is 0 Å².